The second kappa shape index (κ2) is 4.86. The summed E-state index contributed by atoms with van der Waals surface area (Å²) in [5, 5.41) is 7.08. The lowest BCUT2D eigenvalue weighted by atomic mass is 10.1. The van der Waals surface area contributed by atoms with E-state index in [1.54, 1.807) is 13.2 Å². The topological polar surface area (TPSA) is 76.8 Å². The van der Waals surface area contributed by atoms with Crippen molar-refractivity contribution in [3.63, 3.8) is 0 Å². The van der Waals surface area contributed by atoms with Crippen molar-refractivity contribution in [2.45, 2.75) is 19.8 Å². The number of hydrogen-bond donors (Lipinski definition) is 2. The van der Waals surface area contributed by atoms with Crippen molar-refractivity contribution in [2.75, 3.05) is 12.8 Å². The van der Waals surface area contributed by atoms with E-state index in [-0.39, 0.29) is 0 Å². The first-order valence-electron chi connectivity index (χ1n) is 5.59. The highest BCUT2D eigenvalue weighted by Gasteiger charge is 2.09. The van der Waals surface area contributed by atoms with Crippen molar-refractivity contribution in [3.8, 4) is 17.1 Å². The van der Waals surface area contributed by atoms with Gasteiger partial charge in [-0.3, -0.25) is 5.10 Å². The second-order valence-corrected chi connectivity index (χ2v) is 3.81. The molecule has 2 rings (SSSR count). The number of aromatic nitrogens is 3. The van der Waals surface area contributed by atoms with Gasteiger partial charge in [-0.25, -0.2) is 4.98 Å². The SMILES string of the molecule is CCCc1nc(-c2ccc(OC)cc2N)n[nH]1. The van der Waals surface area contributed by atoms with Crippen molar-refractivity contribution in [2.24, 2.45) is 0 Å². The molecule has 5 nitrogen and oxygen atoms in total. The van der Waals surface area contributed by atoms with E-state index in [9.17, 15) is 0 Å². The molecule has 0 spiro atoms. The predicted molar refractivity (Wildman–Crippen MR) is 66.8 cm³/mol. The molecule has 0 radical (unpaired) electrons. The van der Waals surface area contributed by atoms with Crippen LogP contribution in [0.2, 0.25) is 0 Å². The smallest absolute Gasteiger partial charge is 0.183 e. The average Bonchev–Trinajstić information content (AvgIpc) is 2.78. The lowest BCUT2D eigenvalue weighted by Crippen LogP contribution is -1.93. The number of anilines is 1. The van der Waals surface area contributed by atoms with Gasteiger partial charge in [0.1, 0.15) is 11.6 Å². The van der Waals surface area contributed by atoms with Crippen LogP contribution in [0.15, 0.2) is 18.2 Å². The number of ether oxygens (including phenoxy) is 1. The van der Waals surface area contributed by atoms with E-state index >= 15 is 0 Å². The van der Waals surface area contributed by atoms with Gasteiger partial charge in [-0.2, -0.15) is 5.10 Å². The number of aromatic amines is 1. The van der Waals surface area contributed by atoms with Crippen LogP contribution in [-0.4, -0.2) is 22.3 Å². The van der Waals surface area contributed by atoms with E-state index in [4.69, 9.17) is 10.5 Å². The molecule has 0 saturated carbocycles. The zero-order valence-corrected chi connectivity index (χ0v) is 10.0. The molecule has 0 bridgehead atoms. The van der Waals surface area contributed by atoms with Gasteiger partial charge >= 0.3 is 0 Å². The molecule has 0 saturated heterocycles. The maximum atomic E-state index is 5.94. The maximum Gasteiger partial charge on any atom is 0.183 e. The number of H-pyrrole nitrogens is 1. The third kappa shape index (κ3) is 2.38. The van der Waals surface area contributed by atoms with Gasteiger partial charge in [0.05, 0.1) is 7.11 Å². The average molecular weight is 232 g/mol. The Labute approximate surface area is 100 Å². The number of nitrogens with two attached hydrogens (primary N) is 1. The summed E-state index contributed by atoms with van der Waals surface area (Å²) in [5.41, 5.74) is 7.38. The van der Waals surface area contributed by atoms with Crippen LogP contribution in [0.3, 0.4) is 0 Å². The lowest BCUT2D eigenvalue weighted by Gasteiger charge is -2.04. The standard InChI is InChI=1S/C12H16N4O/c1-3-4-11-14-12(16-15-11)9-6-5-8(17-2)7-10(9)13/h5-7H,3-4,13H2,1-2H3,(H,14,15,16). The van der Waals surface area contributed by atoms with Crippen molar-refractivity contribution in [3.05, 3.63) is 24.0 Å². The summed E-state index contributed by atoms with van der Waals surface area (Å²) in [7, 11) is 1.61. The van der Waals surface area contributed by atoms with Crippen LogP contribution < -0.4 is 10.5 Å². The zero-order chi connectivity index (χ0) is 12.3. The van der Waals surface area contributed by atoms with E-state index in [0.29, 0.717) is 11.5 Å². The van der Waals surface area contributed by atoms with Crippen LogP contribution in [0, 0.1) is 0 Å². The highest BCUT2D eigenvalue weighted by molar-refractivity contribution is 5.72. The Morgan fingerprint density at radius 1 is 1.41 bits per heavy atom. The summed E-state index contributed by atoms with van der Waals surface area (Å²) in [6.45, 7) is 2.10. The third-order valence-electron chi connectivity index (χ3n) is 2.52. The fourth-order valence-corrected chi connectivity index (χ4v) is 1.64. The normalized spacial score (nSPS) is 10.5. The number of nitrogens with one attached hydrogen (secondary N) is 1. The molecule has 0 aliphatic carbocycles. The molecule has 0 unspecified atom stereocenters. The number of rotatable bonds is 4. The molecule has 0 aliphatic heterocycles. The molecule has 0 fully saturated rings. The van der Waals surface area contributed by atoms with Crippen LogP contribution in [0.4, 0.5) is 5.69 Å². The first-order chi connectivity index (χ1) is 8.24. The molecule has 0 aliphatic rings. The Hall–Kier alpha value is -2.04. The summed E-state index contributed by atoms with van der Waals surface area (Å²) in [6, 6.07) is 5.49. The fraction of sp³-hybridized carbons (Fsp3) is 0.333. The second-order valence-electron chi connectivity index (χ2n) is 3.81. The maximum absolute atomic E-state index is 5.94. The van der Waals surface area contributed by atoms with Gasteiger partial charge < -0.3 is 10.5 Å². The van der Waals surface area contributed by atoms with E-state index < -0.39 is 0 Å². The monoisotopic (exact) mass is 232 g/mol. The summed E-state index contributed by atoms with van der Waals surface area (Å²) in [4.78, 5) is 4.40. The first kappa shape index (κ1) is 11.4. The van der Waals surface area contributed by atoms with Crippen LogP contribution in [0.25, 0.3) is 11.4 Å². The predicted octanol–water partition coefficient (Wildman–Crippen LogP) is 2.02. The molecule has 0 amide bonds. The number of methoxy groups -OCH3 is 1. The fourth-order valence-electron chi connectivity index (χ4n) is 1.64. The van der Waals surface area contributed by atoms with Gasteiger partial charge in [0.2, 0.25) is 0 Å². The molecule has 5 heteroatoms. The number of hydrogen-bond acceptors (Lipinski definition) is 4. The number of nitrogens with zero attached hydrogens (tertiary/aromatic N) is 2. The molecule has 90 valence electrons. The van der Waals surface area contributed by atoms with E-state index in [2.05, 4.69) is 22.1 Å². The van der Waals surface area contributed by atoms with Gasteiger partial charge in [-0.15, -0.1) is 0 Å². The van der Waals surface area contributed by atoms with E-state index in [0.717, 1.165) is 30.0 Å². The minimum Gasteiger partial charge on any atom is -0.497 e. The molecule has 0 atom stereocenters. The van der Waals surface area contributed by atoms with Crippen molar-refractivity contribution in [1.29, 1.82) is 0 Å². The Morgan fingerprint density at radius 3 is 2.88 bits per heavy atom. The summed E-state index contributed by atoms with van der Waals surface area (Å²) in [6.07, 6.45) is 1.93. The number of nitrogen functional groups attached to an aromatic ring is 1. The molecule has 2 aromatic rings. The van der Waals surface area contributed by atoms with Gasteiger partial charge in [-0.05, 0) is 18.6 Å². The van der Waals surface area contributed by atoms with Crippen molar-refractivity contribution >= 4 is 5.69 Å². The van der Waals surface area contributed by atoms with Crippen molar-refractivity contribution in [1.82, 2.24) is 15.2 Å². The van der Waals surface area contributed by atoms with Gasteiger partial charge in [0, 0.05) is 23.7 Å². The molecule has 1 aromatic heterocycles. The third-order valence-corrected chi connectivity index (χ3v) is 2.52. The van der Waals surface area contributed by atoms with Gasteiger partial charge in [0.25, 0.3) is 0 Å². The first-order valence-corrected chi connectivity index (χ1v) is 5.59. The van der Waals surface area contributed by atoms with Gasteiger partial charge in [-0.1, -0.05) is 6.92 Å². The Kier molecular flexibility index (Phi) is 3.27. The minimum atomic E-state index is 0.617. The van der Waals surface area contributed by atoms with Crippen LogP contribution in [0.5, 0.6) is 5.75 Å². The quantitative estimate of drug-likeness (QED) is 0.790. The van der Waals surface area contributed by atoms with E-state index in [1.807, 2.05) is 12.1 Å². The minimum absolute atomic E-state index is 0.617. The highest BCUT2D eigenvalue weighted by Crippen LogP contribution is 2.26. The Balaban J connectivity index is 2.32. The molecular weight excluding hydrogens is 216 g/mol. The van der Waals surface area contributed by atoms with Crippen LogP contribution >= 0.6 is 0 Å². The van der Waals surface area contributed by atoms with E-state index in [1.165, 1.54) is 0 Å². The Morgan fingerprint density at radius 2 is 2.24 bits per heavy atom. The highest BCUT2D eigenvalue weighted by atomic mass is 16.5. The molecule has 3 N–H and O–H groups in total. The number of benzene rings is 1. The van der Waals surface area contributed by atoms with Crippen LogP contribution in [0.1, 0.15) is 19.2 Å². The summed E-state index contributed by atoms with van der Waals surface area (Å²) < 4.78 is 5.10. The van der Waals surface area contributed by atoms with Gasteiger partial charge in [0.15, 0.2) is 5.82 Å². The largest absolute Gasteiger partial charge is 0.497 e. The van der Waals surface area contributed by atoms with Crippen molar-refractivity contribution < 1.29 is 4.74 Å². The van der Waals surface area contributed by atoms with Crippen LogP contribution in [-0.2, 0) is 6.42 Å². The molecular formula is C12H16N4O. The lowest BCUT2D eigenvalue weighted by molar-refractivity contribution is 0.415. The molecule has 1 aromatic carbocycles. The number of aryl methyl sites for hydroxylation is 1. The molecule has 1 heterocycles. The summed E-state index contributed by atoms with van der Waals surface area (Å²) >= 11 is 0. The molecule has 17 heavy (non-hydrogen) atoms. The zero-order valence-electron chi connectivity index (χ0n) is 10.0. The Bertz CT molecular complexity index is 507. The summed E-state index contributed by atoms with van der Waals surface area (Å²) in [5.74, 6) is 2.25.